The molecule has 1 amide bonds. The third-order valence-electron chi connectivity index (χ3n) is 2.71. The lowest BCUT2D eigenvalue weighted by molar-refractivity contribution is -0.185. The van der Waals surface area contributed by atoms with E-state index in [2.05, 4.69) is 0 Å². The molecule has 1 saturated heterocycles. The molecule has 0 spiro atoms. The summed E-state index contributed by atoms with van der Waals surface area (Å²) in [4.78, 5) is 22.8. The smallest absolute Gasteiger partial charge is 0.383 e. The minimum Gasteiger partial charge on any atom is -0.480 e. The molecule has 0 saturated carbocycles. The number of nitrogens with zero attached hydrogens (tertiary/aromatic N) is 1. The van der Waals surface area contributed by atoms with Crippen molar-refractivity contribution < 1.29 is 32.3 Å². The van der Waals surface area contributed by atoms with Crippen LogP contribution in [-0.4, -0.2) is 51.4 Å². The molecule has 19 heavy (non-hydrogen) atoms. The van der Waals surface area contributed by atoms with Crippen LogP contribution in [0.25, 0.3) is 0 Å². The fraction of sp³-hybridized carbons (Fsp3) is 0.800. The maximum atomic E-state index is 13.1. The molecule has 0 bridgehead atoms. The van der Waals surface area contributed by atoms with Crippen LogP contribution in [0.3, 0.4) is 0 Å². The lowest BCUT2D eigenvalue weighted by Crippen LogP contribution is -2.54. The van der Waals surface area contributed by atoms with E-state index in [4.69, 9.17) is 5.11 Å². The predicted molar refractivity (Wildman–Crippen MR) is 60.4 cm³/mol. The van der Waals surface area contributed by atoms with Gasteiger partial charge in [0.2, 0.25) is 0 Å². The summed E-state index contributed by atoms with van der Waals surface area (Å²) < 4.78 is 50.6. The highest BCUT2D eigenvalue weighted by Crippen LogP contribution is 2.36. The van der Waals surface area contributed by atoms with Crippen molar-refractivity contribution in [3.05, 3.63) is 0 Å². The lowest BCUT2D eigenvalue weighted by Gasteiger charge is -2.30. The molecular weight excluding hydrogens is 290 g/mol. The first-order chi connectivity index (χ1) is 8.73. The molecule has 0 aliphatic carbocycles. The van der Waals surface area contributed by atoms with E-state index < -0.39 is 35.6 Å². The minimum absolute atomic E-state index is 0.0783. The molecule has 110 valence electrons. The Morgan fingerprint density at radius 3 is 2.47 bits per heavy atom. The monoisotopic (exact) mass is 303 g/mol. The van der Waals surface area contributed by atoms with Gasteiger partial charge >= 0.3 is 24.2 Å². The zero-order valence-corrected chi connectivity index (χ0v) is 10.8. The van der Waals surface area contributed by atoms with Gasteiger partial charge in [0.05, 0.1) is 5.37 Å². The van der Waals surface area contributed by atoms with Crippen molar-refractivity contribution in [1.82, 2.24) is 4.90 Å². The number of hydrogen-bond acceptors (Lipinski definition) is 3. The van der Waals surface area contributed by atoms with Gasteiger partial charge in [-0.3, -0.25) is 4.79 Å². The Kier molecular flexibility index (Phi) is 5.05. The van der Waals surface area contributed by atoms with Crippen LogP contribution in [-0.2, 0) is 9.59 Å². The lowest BCUT2D eigenvalue weighted by atomic mass is 10.2. The highest BCUT2D eigenvalue weighted by molar-refractivity contribution is 8.00. The number of rotatable bonds is 5. The molecule has 4 nitrogen and oxygen atoms in total. The zero-order chi connectivity index (χ0) is 14.8. The number of alkyl halides is 4. The summed E-state index contributed by atoms with van der Waals surface area (Å²) in [5.74, 6) is -8.52. The van der Waals surface area contributed by atoms with E-state index in [1.54, 1.807) is 6.92 Å². The van der Waals surface area contributed by atoms with Crippen LogP contribution in [0.4, 0.5) is 17.6 Å². The summed E-state index contributed by atoms with van der Waals surface area (Å²) in [6, 6.07) is -1.49. The van der Waals surface area contributed by atoms with Gasteiger partial charge in [-0.05, 0) is 6.42 Å². The molecular formula is C10H13F4NO3S. The fourth-order valence-electron chi connectivity index (χ4n) is 1.76. The topological polar surface area (TPSA) is 57.6 Å². The molecule has 1 aliphatic rings. The second-order valence-corrected chi connectivity index (χ2v) is 5.28. The standard InChI is InChI=1S/C10H13F4NO3S/c1-2-3-6-15(5(4-19-6)7(16)17)9(18)10(13,14)8(11)12/h5-6,8H,2-4H2,1H3,(H,16,17). The summed E-state index contributed by atoms with van der Waals surface area (Å²) in [5, 5.41) is 8.08. The first-order valence-corrected chi connectivity index (χ1v) is 6.61. The summed E-state index contributed by atoms with van der Waals surface area (Å²) in [5.41, 5.74) is 0. The Balaban J connectivity index is 3.02. The number of carboxylic acids is 1. The third-order valence-corrected chi connectivity index (χ3v) is 4.06. The SMILES string of the molecule is CCCC1SCC(C(=O)O)N1C(=O)C(F)(F)C(F)F. The first kappa shape index (κ1) is 16.1. The van der Waals surface area contributed by atoms with Crippen molar-refractivity contribution in [2.75, 3.05) is 5.75 Å². The van der Waals surface area contributed by atoms with Crippen molar-refractivity contribution in [1.29, 1.82) is 0 Å². The number of halogens is 4. The van der Waals surface area contributed by atoms with Crippen LogP contribution in [0, 0.1) is 0 Å². The van der Waals surface area contributed by atoms with E-state index in [-0.39, 0.29) is 12.2 Å². The van der Waals surface area contributed by atoms with Gasteiger partial charge in [-0.15, -0.1) is 11.8 Å². The number of aliphatic carboxylic acids is 1. The molecule has 9 heteroatoms. The van der Waals surface area contributed by atoms with Gasteiger partial charge < -0.3 is 10.0 Å². The van der Waals surface area contributed by atoms with E-state index in [9.17, 15) is 27.2 Å². The van der Waals surface area contributed by atoms with E-state index in [1.165, 1.54) is 0 Å². The predicted octanol–water partition coefficient (Wildman–Crippen LogP) is 2.04. The highest BCUT2D eigenvalue weighted by atomic mass is 32.2. The van der Waals surface area contributed by atoms with Crippen molar-refractivity contribution in [3.63, 3.8) is 0 Å². The number of amides is 1. The van der Waals surface area contributed by atoms with E-state index in [0.717, 1.165) is 11.8 Å². The molecule has 2 atom stereocenters. The number of hydrogen-bond donors (Lipinski definition) is 1. The Morgan fingerprint density at radius 1 is 1.47 bits per heavy atom. The molecule has 0 aromatic rings. The van der Waals surface area contributed by atoms with Crippen molar-refractivity contribution >= 4 is 23.6 Å². The Bertz CT molecular complexity index is 367. The van der Waals surface area contributed by atoms with Gasteiger partial charge in [-0.2, -0.15) is 8.78 Å². The van der Waals surface area contributed by atoms with Gasteiger partial charge in [0.1, 0.15) is 6.04 Å². The van der Waals surface area contributed by atoms with Gasteiger partial charge in [0.25, 0.3) is 0 Å². The summed E-state index contributed by atoms with van der Waals surface area (Å²) >= 11 is 1.01. The van der Waals surface area contributed by atoms with Crippen LogP contribution in [0.2, 0.25) is 0 Å². The number of carbonyl (C=O) groups excluding carboxylic acids is 1. The second kappa shape index (κ2) is 5.98. The first-order valence-electron chi connectivity index (χ1n) is 5.56. The Labute approximate surface area is 111 Å². The largest absolute Gasteiger partial charge is 0.480 e. The van der Waals surface area contributed by atoms with Gasteiger partial charge in [0, 0.05) is 5.75 Å². The average molecular weight is 303 g/mol. The van der Waals surface area contributed by atoms with Crippen LogP contribution < -0.4 is 0 Å². The van der Waals surface area contributed by atoms with Gasteiger partial charge in [-0.1, -0.05) is 13.3 Å². The van der Waals surface area contributed by atoms with E-state index in [1.807, 2.05) is 0 Å². The molecule has 1 fully saturated rings. The zero-order valence-electron chi connectivity index (χ0n) is 9.98. The molecule has 1 aliphatic heterocycles. The number of carboxylic acid groups (broad SMARTS) is 1. The third kappa shape index (κ3) is 3.13. The van der Waals surface area contributed by atoms with E-state index >= 15 is 0 Å². The molecule has 1 rings (SSSR count). The van der Waals surface area contributed by atoms with Crippen LogP contribution in [0.15, 0.2) is 0 Å². The number of carbonyl (C=O) groups is 2. The van der Waals surface area contributed by atoms with Crippen LogP contribution >= 0.6 is 11.8 Å². The fourth-order valence-corrected chi connectivity index (χ4v) is 3.27. The van der Waals surface area contributed by atoms with Crippen LogP contribution in [0.1, 0.15) is 19.8 Å². The molecule has 1 heterocycles. The van der Waals surface area contributed by atoms with Crippen molar-refractivity contribution in [2.24, 2.45) is 0 Å². The quantitative estimate of drug-likeness (QED) is 0.790. The molecule has 2 unspecified atom stereocenters. The average Bonchev–Trinajstić information content (AvgIpc) is 2.72. The number of thioether (sulfide) groups is 1. The molecule has 1 N–H and O–H groups in total. The van der Waals surface area contributed by atoms with Gasteiger partial charge in [-0.25, -0.2) is 13.6 Å². The Morgan fingerprint density at radius 2 is 2.05 bits per heavy atom. The maximum absolute atomic E-state index is 13.1. The molecule has 0 aromatic carbocycles. The normalized spacial score (nSPS) is 24.0. The summed E-state index contributed by atoms with van der Waals surface area (Å²) in [6.07, 6.45) is -3.35. The van der Waals surface area contributed by atoms with Crippen LogP contribution in [0.5, 0.6) is 0 Å². The van der Waals surface area contributed by atoms with E-state index in [0.29, 0.717) is 11.3 Å². The molecule has 0 aromatic heterocycles. The second-order valence-electron chi connectivity index (χ2n) is 4.07. The highest BCUT2D eigenvalue weighted by Gasteiger charge is 2.56. The van der Waals surface area contributed by atoms with Gasteiger partial charge in [0.15, 0.2) is 0 Å². The minimum atomic E-state index is -4.86. The summed E-state index contributed by atoms with van der Waals surface area (Å²) in [6.45, 7) is 1.72. The molecule has 0 radical (unpaired) electrons. The Hall–Kier alpha value is -0.990. The van der Waals surface area contributed by atoms with Crippen molar-refractivity contribution in [3.8, 4) is 0 Å². The van der Waals surface area contributed by atoms with Crippen molar-refractivity contribution in [2.45, 2.75) is 43.5 Å². The maximum Gasteiger partial charge on any atom is 0.383 e. The summed E-state index contributed by atoms with van der Waals surface area (Å²) in [7, 11) is 0.